The summed E-state index contributed by atoms with van der Waals surface area (Å²) in [6.45, 7) is 6.11. The minimum atomic E-state index is -3.18. The number of hydrogen-bond donors (Lipinski definition) is 0. The van der Waals surface area contributed by atoms with Crippen molar-refractivity contribution in [2.75, 3.05) is 49.3 Å². The first-order chi connectivity index (χ1) is 9.58. The lowest BCUT2D eigenvalue weighted by Gasteiger charge is -2.36. The lowest BCUT2D eigenvalue weighted by Crippen LogP contribution is -2.47. The van der Waals surface area contributed by atoms with E-state index in [0.717, 1.165) is 38.4 Å². The maximum absolute atomic E-state index is 12.2. The molecule has 0 bridgehead atoms. The lowest BCUT2D eigenvalue weighted by molar-refractivity contribution is 0.272. The Kier molecular flexibility index (Phi) is 5.29. The molecule has 0 amide bonds. The van der Waals surface area contributed by atoms with Crippen molar-refractivity contribution in [1.29, 1.82) is 0 Å². The molecule has 0 aromatic heterocycles. The second-order valence-electron chi connectivity index (χ2n) is 4.89. The fourth-order valence-corrected chi connectivity index (χ4v) is 3.82. The molecular weight excluding hydrogens is 296 g/mol. The van der Waals surface area contributed by atoms with Gasteiger partial charge in [0.2, 0.25) is 0 Å². The maximum atomic E-state index is 12.2. The zero-order valence-corrected chi connectivity index (χ0v) is 13.3. The van der Waals surface area contributed by atoms with Crippen LogP contribution in [0.2, 0.25) is 0 Å². The standard InChI is InChI=1S/C14H21ClN2O2S/c1-2-20(18,19)14-6-4-3-5-13(14)17-11-9-16(8-7-15)10-12-17/h3-6H,2,7-12H2,1H3. The molecule has 0 saturated carbocycles. The lowest BCUT2D eigenvalue weighted by atomic mass is 10.2. The van der Waals surface area contributed by atoms with Crippen molar-refractivity contribution in [1.82, 2.24) is 4.90 Å². The third-order valence-electron chi connectivity index (χ3n) is 3.69. The Morgan fingerprint density at radius 2 is 1.80 bits per heavy atom. The highest BCUT2D eigenvalue weighted by Gasteiger charge is 2.23. The monoisotopic (exact) mass is 316 g/mol. The van der Waals surface area contributed by atoms with Crippen molar-refractivity contribution in [3.63, 3.8) is 0 Å². The number of rotatable bonds is 5. The minimum absolute atomic E-state index is 0.135. The summed E-state index contributed by atoms with van der Waals surface area (Å²) in [5.41, 5.74) is 0.833. The van der Waals surface area contributed by atoms with E-state index in [-0.39, 0.29) is 5.75 Å². The Bertz CT molecular complexity index is 540. The zero-order chi connectivity index (χ0) is 14.6. The van der Waals surface area contributed by atoms with Gasteiger partial charge in [-0.15, -0.1) is 11.6 Å². The van der Waals surface area contributed by atoms with E-state index in [4.69, 9.17) is 11.6 Å². The summed E-state index contributed by atoms with van der Waals surface area (Å²) < 4.78 is 24.4. The largest absolute Gasteiger partial charge is 0.368 e. The zero-order valence-electron chi connectivity index (χ0n) is 11.8. The molecule has 1 saturated heterocycles. The summed E-state index contributed by atoms with van der Waals surface area (Å²) in [4.78, 5) is 4.92. The smallest absolute Gasteiger partial charge is 0.180 e. The number of nitrogens with zero attached hydrogens (tertiary/aromatic N) is 2. The van der Waals surface area contributed by atoms with E-state index >= 15 is 0 Å². The molecule has 1 aliphatic rings. The molecule has 0 aliphatic carbocycles. The summed E-state index contributed by atoms with van der Waals surface area (Å²) in [7, 11) is -3.18. The maximum Gasteiger partial charge on any atom is 0.180 e. The van der Waals surface area contributed by atoms with E-state index in [0.29, 0.717) is 10.8 Å². The van der Waals surface area contributed by atoms with Gasteiger partial charge in [0, 0.05) is 38.6 Å². The van der Waals surface area contributed by atoms with Gasteiger partial charge in [-0.3, -0.25) is 4.90 Å². The summed E-state index contributed by atoms with van der Waals surface area (Å²) in [6.07, 6.45) is 0. The molecule has 0 spiro atoms. The first-order valence-electron chi connectivity index (χ1n) is 6.93. The molecule has 112 valence electrons. The topological polar surface area (TPSA) is 40.6 Å². The van der Waals surface area contributed by atoms with E-state index in [2.05, 4.69) is 9.80 Å². The Morgan fingerprint density at radius 3 is 2.40 bits per heavy atom. The van der Waals surface area contributed by atoms with Crippen LogP contribution in [0.5, 0.6) is 0 Å². The van der Waals surface area contributed by atoms with Crippen LogP contribution in [0.25, 0.3) is 0 Å². The van der Waals surface area contributed by atoms with Crippen LogP contribution in [0, 0.1) is 0 Å². The minimum Gasteiger partial charge on any atom is -0.368 e. The van der Waals surface area contributed by atoms with E-state index in [1.807, 2.05) is 12.1 Å². The fraction of sp³-hybridized carbons (Fsp3) is 0.571. The van der Waals surface area contributed by atoms with Crippen LogP contribution >= 0.6 is 11.6 Å². The molecule has 1 aromatic rings. The highest BCUT2D eigenvalue weighted by atomic mass is 35.5. The molecule has 1 fully saturated rings. The molecule has 6 heteroatoms. The molecule has 1 aliphatic heterocycles. The average molecular weight is 317 g/mol. The van der Waals surface area contributed by atoms with Crippen LogP contribution in [0.4, 0.5) is 5.69 Å². The first kappa shape index (κ1) is 15.6. The van der Waals surface area contributed by atoms with Gasteiger partial charge in [0.05, 0.1) is 16.3 Å². The third-order valence-corrected chi connectivity index (χ3v) is 5.64. The molecule has 4 nitrogen and oxygen atoms in total. The van der Waals surface area contributed by atoms with Crippen molar-refractivity contribution in [2.45, 2.75) is 11.8 Å². The number of sulfone groups is 1. The highest BCUT2D eigenvalue weighted by molar-refractivity contribution is 7.91. The van der Waals surface area contributed by atoms with Crippen molar-refractivity contribution in [2.24, 2.45) is 0 Å². The Morgan fingerprint density at radius 1 is 1.15 bits per heavy atom. The number of alkyl halides is 1. The van der Waals surface area contributed by atoms with E-state index in [9.17, 15) is 8.42 Å². The van der Waals surface area contributed by atoms with Crippen molar-refractivity contribution in [3.05, 3.63) is 24.3 Å². The first-order valence-corrected chi connectivity index (χ1v) is 9.12. The van der Waals surface area contributed by atoms with Gasteiger partial charge in [0.15, 0.2) is 9.84 Å². The Labute approximate surface area is 126 Å². The molecule has 20 heavy (non-hydrogen) atoms. The average Bonchev–Trinajstić information content (AvgIpc) is 2.48. The molecule has 0 radical (unpaired) electrons. The van der Waals surface area contributed by atoms with Crippen LogP contribution in [-0.2, 0) is 9.84 Å². The van der Waals surface area contributed by atoms with Gasteiger partial charge in [-0.1, -0.05) is 19.1 Å². The SMILES string of the molecule is CCS(=O)(=O)c1ccccc1N1CCN(CCCl)CC1. The molecule has 0 N–H and O–H groups in total. The Balaban J connectivity index is 2.19. The van der Waals surface area contributed by atoms with Crippen LogP contribution in [-0.4, -0.2) is 57.7 Å². The van der Waals surface area contributed by atoms with Crippen LogP contribution in [0.3, 0.4) is 0 Å². The molecule has 0 unspecified atom stereocenters. The fourth-order valence-electron chi connectivity index (χ4n) is 2.47. The molecule has 1 heterocycles. The second-order valence-corrected chi connectivity index (χ2v) is 7.51. The van der Waals surface area contributed by atoms with Gasteiger partial charge >= 0.3 is 0 Å². The predicted octanol–water partition coefficient (Wildman–Crippen LogP) is 1.84. The molecule has 0 atom stereocenters. The number of benzene rings is 1. The van der Waals surface area contributed by atoms with Gasteiger partial charge in [-0.2, -0.15) is 0 Å². The predicted molar refractivity (Wildman–Crippen MR) is 83.5 cm³/mol. The number of halogens is 1. The normalized spacial score (nSPS) is 17.4. The van der Waals surface area contributed by atoms with Crippen LogP contribution in [0.1, 0.15) is 6.92 Å². The summed E-state index contributed by atoms with van der Waals surface area (Å²) in [5.74, 6) is 0.775. The number of hydrogen-bond acceptors (Lipinski definition) is 4. The van der Waals surface area contributed by atoms with E-state index in [1.165, 1.54) is 0 Å². The van der Waals surface area contributed by atoms with Gasteiger partial charge in [0.1, 0.15) is 0 Å². The summed E-state index contributed by atoms with van der Waals surface area (Å²) in [5, 5.41) is 0. The highest BCUT2D eigenvalue weighted by Crippen LogP contribution is 2.26. The van der Waals surface area contributed by atoms with Gasteiger partial charge in [-0.25, -0.2) is 8.42 Å². The van der Waals surface area contributed by atoms with Crippen LogP contribution in [0.15, 0.2) is 29.2 Å². The van der Waals surface area contributed by atoms with E-state index < -0.39 is 9.84 Å². The quantitative estimate of drug-likeness (QED) is 0.777. The number of anilines is 1. The van der Waals surface area contributed by atoms with E-state index in [1.54, 1.807) is 19.1 Å². The van der Waals surface area contributed by atoms with Crippen LogP contribution < -0.4 is 4.90 Å². The second kappa shape index (κ2) is 6.78. The van der Waals surface area contributed by atoms with Gasteiger partial charge in [0.25, 0.3) is 0 Å². The van der Waals surface area contributed by atoms with Crippen molar-refractivity contribution >= 4 is 27.1 Å². The third kappa shape index (κ3) is 3.45. The van der Waals surface area contributed by atoms with Crippen molar-refractivity contribution < 1.29 is 8.42 Å². The summed E-state index contributed by atoms with van der Waals surface area (Å²) in [6, 6.07) is 7.30. The Hall–Kier alpha value is -0.780. The summed E-state index contributed by atoms with van der Waals surface area (Å²) >= 11 is 5.76. The van der Waals surface area contributed by atoms with Crippen molar-refractivity contribution in [3.8, 4) is 0 Å². The number of para-hydroxylation sites is 1. The molecular formula is C14H21ClN2O2S. The molecule has 2 rings (SSSR count). The number of piperazine rings is 1. The van der Waals surface area contributed by atoms with Gasteiger partial charge in [-0.05, 0) is 12.1 Å². The van der Waals surface area contributed by atoms with Gasteiger partial charge < -0.3 is 4.90 Å². The molecule has 1 aromatic carbocycles.